The zero-order valence-electron chi connectivity index (χ0n) is 17.2. The van der Waals surface area contributed by atoms with Crippen molar-refractivity contribution < 1.29 is 22.7 Å². The van der Waals surface area contributed by atoms with Gasteiger partial charge in [0, 0.05) is 25.7 Å². The summed E-state index contributed by atoms with van der Waals surface area (Å²) >= 11 is 0. The Labute approximate surface area is 175 Å². The van der Waals surface area contributed by atoms with Gasteiger partial charge in [0.15, 0.2) is 5.96 Å². The Hall–Kier alpha value is -2.81. The van der Waals surface area contributed by atoms with Gasteiger partial charge in [-0.15, -0.1) is 0 Å². The summed E-state index contributed by atoms with van der Waals surface area (Å²) < 4.78 is 40.9. The Balaban J connectivity index is 1.63. The van der Waals surface area contributed by atoms with Crippen LogP contribution >= 0.6 is 0 Å². The van der Waals surface area contributed by atoms with Crippen molar-refractivity contribution in [1.82, 2.24) is 15.5 Å². The fraction of sp³-hybridized carbons (Fsp3) is 0.476. The maximum absolute atomic E-state index is 12.7. The summed E-state index contributed by atoms with van der Waals surface area (Å²) in [6, 6.07) is 8.67. The zero-order valence-corrected chi connectivity index (χ0v) is 17.2. The largest absolute Gasteiger partial charge is 0.497 e. The van der Waals surface area contributed by atoms with Gasteiger partial charge in [0.05, 0.1) is 19.4 Å². The van der Waals surface area contributed by atoms with Crippen LogP contribution in [0.5, 0.6) is 11.5 Å². The maximum Gasteiger partial charge on any atom is 0.387 e. The van der Waals surface area contributed by atoms with Crippen molar-refractivity contribution in [3.63, 3.8) is 0 Å². The quantitative estimate of drug-likeness (QED) is 0.477. The molecule has 0 bridgehead atoms. The van der Waals surface area contributed by atoms with Gasteiger partial charge in [0.25, 0.3) is 0 Å². The lowest BCUT2D eigenvalue weighted by atomic mass is 10.2. The number of aliphatic imine (C=N–C) groups is 1. The fourth-order valence-electron chi connectivity index (χ4n) is 3.57. The Bertz CT molecular complexity index is 809. The predicted molar refractivity (Wildman–Crippen MR) is 110 cm³/mol. The van der Waals surface area contributed by atoms with Gasteiger partial charge in [-0.25, -0.2) is 0 Å². The minimum atomic E-state index is -2.90. The molecule has 9 heteroatoms. The molecular formula is C21H28F2N4O3. The summed E-state index contributed by atoms with van der Waals surface area (Å²) in [6.07, 6.45) is 4.03. The third-order valence-electron chi connectivity index (χ3n) is 5.07. The number of benzene rings is 1. The fourth-order valence-corrected chi connectivity index (χ4v) is 3.57. The number of nitrogens with zero attached hydrogens (tertiary/aromatic N) is 2. The molecule has 164 valence electrons. The van der Waals surface area contributed by atoms with E-state index in [2.05, 4.69) is 25.3 Å². The van der Waals surface area contributed by atoms with E-state index in [-0.39, 0.29) is 18.3 Å². The van der Waals surface area contributed by atoms with E-state index >= 15 is 0 Å². The monoisotopic (exact) mass is 422 g/mol. The number of guanidine groups is 1. The number of alkyl halides is 2. The number of halogens is 2. The summed E-state index contributed by atoms with van der Waals surface area (Å²) in [5.74, 6) is 2.11. The molecule has 1 fully saturated rings. The molecule has 0 radical (unpaired) electrons. The minimum Gasteiger partial charge on any atom is -0.497 e. The predicted octanol–water partition coefficient (Wildman–Crippen LogP) is 3.39. The van der Waals surface area contributed by atoms with E-state index in [1.807, 2.05) is 12.1 Å². The summed E-state index contributed by atoms with van der Waals surface area (Å²) in [7, 11) is 3.18. The second-order valence-corrected chi connectivity index (χ2v) is 6.93. The van der Waals surface area contributed by atoms with E-state index < -0.39 is 6.61 Å². The number of likely N-dealkylation sites (tertiary alicyclic amines) is 1. The molecule has 2 heterocycles. The van der Waals surface area contributed by atoms with Gasteiger partial charge >= 0.3 is 6.61 Å². The van der Waals surface area contributed by atoms with E-state index in [0.717, 1.165) is 18.8 Å². The Kier molecular flexibility index (Phi) is 7.89. The second kappa shape index (κ2) is 10.8. The van der Waals surface area contributed by atoms with Crippen LogP contribution in [0.2, 0.25) is 0 Å². The highest BCUT2D eigenvalue weighted by Gasteiger charge is 2.25. The molecule has 30 heavy (non-hydrogen) atoms. The van der Waals surface area contributed by atoms with E-state index in [1.54, 1.807) is 25.4 Å². The number of ether oxygens (including phenoxy) is 2. The van der Waals surface area contributed by atoms with Crippen LogP contribution in [0.25, 0.3) is 0 Å². The van der Waals surface area contributed by atoms with Gasteiger partial charge in [-0.3, -0.25) is 9.89 Å². The molecule has 7 nitrogen and oxygen atoms in total. The second-order valence-electron chi connectivity index (χ2n) is 6.93. The van der Waals surface area contributed by atoms with Crippen LogP contribution in [-0.4, -0.2) is 51.3 Å². The van der Waals surface area contributed by atoms with Gasteiger partial charge < -0.3 is 24.5 Å². The van der Waals surface area contributed by atoms with E-state index in [9.17, 15) is 8.78 Å². The maximum atomic E-state index is 12.7. The number of methoxy groups -OCH3 is 1. The molecular weight excluding hydrogens is 394 g/mol. The lowest BCUT2D eigenvalue weighted by molar-refractivity contribution is -0.0504. The van der Waals surface area contributed by atoms with Crippen LogP contribution in [0.15, 0.2) is 46.0 Å². The highest BCUT2D eigenvalue weighted by Crippen LogP contribution is 2.26. The number of nitrogens with one attached hydrogen (secondary N) is 2. The molecule has 0 saturated carbocycles. The molecule has 2 aromatic rings. The molecule has 0 aliphatic carbocycles. The standard InChI is InChI=1S/C21H28F2N4O3/c1-24-21(25-13-15-12-16(28-2)7-8-18(15)30-20(22)23)26-14-17(19-6-5-11-29-19)27-9-3-4-10-27/h5-8,11-12,17,20H,3-4,9-10,13-14H2,1-2H3,(H2,24,25,26). The van der Waals surface area contributed by atoms with Gasteiger partial charge in [-0.2, -0.15) is 8.78 Å². The van der Waals surface area contributed by atoms with Crippen molar-refractivity contribution in [3.05, 3.63) is 47.9 Å². The number of furan rings is 1. The zero-order chi connectivity index (χ0) is 21.3. The van der Waals surface area contributed by atoms with Crippen molar-refractivity contribution in [1.29, 1.82) is 0 Å². The Morgan fingerprint density at radius 2 is 2.03 bits per heavy atom. The number of hydrogen-bond acceptors (Lipinski definition) is 5. The lowest BCUT2D eigenvalue weighted by Crippen LogP contribution is -2.42. The summed E-state index contributed by atoms with van der Waals surface area (Å²) in [5.41, 5.74) is 0.541. The first kappa shape index (κ1) is 21.9. The van der Waals surface area contributed by atoms with Crippen molar-refractivity contribution in [2.45, 2.75) is 32.0 Å². The van der Waals surface area contributed by atoms with Crippen molar-refractivity contribution in [3.8, 4) is 11.5 Å². The first-order valence-corrected chi connectivity index (χ1v) is 9.94. The van der Waals surface area contributed by atoms with Gasteiger partial charge in [-0.05, 0) is 56.3 Å². The van der Waals surface area contributed by atoms with Crippen LogP contribution in [0.1, 0.15) is 30.2 Å². The highest BCUT2D eigenvalue weighted by atomic mass is 19.3. The van der Waals surface area contributed by atoms with Crippen LogP contribution in [-0.2, 0) is 6.54 Å². The Morgan fingerprint density at radius 1 is 1.23 bits per heavy atom. The number of rotatable bonds is 9. The van der Waals surface area contributed by atoms with Crippen molar-refractivity contribution in [2.24, 2.45) is 4.99 Å². The summed E-state index contributed by atoms with van der Waals surface area (Å²) in [5, 5.41) is 6.46. The van der Waals surface area contributed by atoms with E-state index in [1.165, 1.54) is 26.0 Å². The summed E-state index contributed by atoms with van der Waals surface area (Å²) in [6.45, 7) is -0.00198. The molecule has 0 spiro atoms. The Morgan fingerprint density at radius 3 is 2.67 bits per heavy atom. The molecule has 1 aromatic carbocycles. The van der Waals surface area contributed by atoms with Crippen molar-refractivity contribution >= 4 is 5.96 Å². The minimum absolute atomic E-state index is 0.0931. The number of hydrogen-bond donors (Lipinski definition) is 2. The molecule has 1 aliphatic heterocycles. The first-order valence-electron chi connectivity index (χ1n) is 9.94. The average Bonchev–Trinajstić information content (AvgIpc) is 3.46. The van der Waals surface area contributed by atoms with Crippen LogP contribution in [0, 0.1) is 0 Å². The SMILES string of the molecule is CN=C(NCc1cc(OC)ccc1OC(F)F)NCC(c1ccco1)N1CCCC1. The molecule has 1 atom stereocenters. The molecule has 1 aliphatic rings. The first-order chi connectivity index (χ1) is 14.6. The van der Waals surface area contributed by atoms with E-state index in [4.69, 9.17) is 9.15 Å². The van der Waals surface area contributed by atoms with E-state index in [0.29, 0.717) is 23.8 Å². The van der Waals surface area contributed by atoms with Crippen LogP contribution in [0.3, 0.4) is 0 Å². The van der Waals surface area contributed by atoms with Crippen LogP contribution < -0.4 is 20.1 Å². The molecule has 0 amide bonds. The van der Waals surface area contributed by atoms with Crippen LogP contribution in [0.4, 0.5) is 8.78 Å². The normalized spacial score (nSPS) is 16.0. The molecule has 1 unspecified atom stereocenters. The third-order valence-corrected chi connectivity index (χ3v) is 5.07. The highest BCUT2D eigenvalue weighted by molar-refractivity contribution is 5.79. The average molecular weight is 422 g/mol. The van der Waals surface area contributed by atoms with Gasteiger partial charge in [-0.1, -0.05) is 0 Å². The van der Waals surface area contributed by atoms with Crippen molar-refractivity contribution in [2.75, 3.05) is 33.8 Å². The summed E-state index contributed by atoms with van der Waals surface area (Å²) in [4.78, 5) is 6.63. The molecule has 2 N–H and O–H groups in total. The molecule has 3 rings (SSSR count). The smallest absolute Gasteiger partial charge is 0.387 e. The topological polar surface area (TPSA) is 71.3 Å². The molecule has 1 saturated heterocycles. The third kappa shape index (κ3) is 5.85. The van der Waals surface area contributed by atoms with Gasteiger partial charge in [0.2, 0.25) is 0 Å². The lowest BCUT2D eigenvalue weighted by Gasteiger charge is -2.26. The molecule has 1 aromatic heterocycles. The van der Waals surface area contributed by atoms with Gasteiger partial charge in [0.1, 0.15) is 17.3 Å².